The minimum atomic E-state index is -0.412. The molecule has 4 aromatic heterocycles. The number of methoxy groups -OCH3 is 3. The van der Waals surface area contributed by atoms with Crippen molar-refractivity contribution in [3.8, 4) is 40.5 Å². The summed E-state index contributed by atoms with van der Waals surface area (Å²) in [5, 5.41) is 18.0. The van der Waals surface area contributed by atoms with Gasteiger partial charge in [0.1, 0.15) is 35.8 Å². The number of carbonyl (C=O) groups is 2. The summed E-state index contributed by atoms with van der Waals surface area (Å²) in [5.41, 5.74) is 5.00. The summed E-state index contributed by atoms with van der Waals surface area (Å²) in [4.78, 5) is 35.4. The van der Waals surface area contributed by atoms with E-state index < -0.39 is 5.91 Å². The third-order valence-electron chi connectivity index (χ3n) is 8.94. The van der Waals surface area contributed by atoms with E-state index in [0.29, 0.717) is 56.9 Å². The third-order valence-corrected chi connectivity index (χ3v) is 8.94. The van der Waals surface area contributed by atoms with Gasteiger partial charge >= 0.3 is 0 Å². The number of rotatable bonds is 15. The molecule has 0 aliphatic heterocycles. The van der Waals surface area contributed by atoms with E-state index in [9.17, 15) is 9.59 Å². The molecule has 55 heavy (non-hydrogen) atoms. The fraction of sp³-hybridized carbons (Fsp3) is 0.225. The zero-order valence-electron chi connectivity index (χ0n) is 31.0. The van der Waals surface area contributed by atoms with Crippen molar-refractivity contribution in [1.82, 2.24) is 44.6 Å². The Morgan fingerprint density at radius 3 is 2.33 bits per heavy atom. The largest absolute Gasteiger partial charge is 0.497 e. The van der Waals surface area contributed by atoms with Crippen molar-refractivity contribution in [2.75, 3.05) is 21.3 Å². The van der Waals surface area contributed by atoms with Gasteiger partial charge in [-0.05, 0) is 55.3 Å². The van der Waals surface area contributed by atoms with Gasteiger partial charge in [-0.2, -0.15) is 19.9 Å². The Morgan fingerprint density at radius 2 is 1.60 bits per heavy atom. The number of aryl methyl sites for hydroxylation is 2. The van der Waals surface area contributed by atoms with Crippen LogP contribution in [-0.4, -0.2) is 72.8 Å². The first kappa shape index (κ1) is 36.3. The molecule has 1 amide bonds. The Bertz CT molecular complexity index is 2470. The molecule has 3 aromatic carbocycles. The maximum atomic E-state index is 13.9. The van der Waals surface area contributed by atoms with Crippen molar-refractivity contribution in [3.63, 3.8) is 0 Å². The first-order valence-corrected chi connectivity index (χ1v) is 17.4. The number of amides is 1. The van der Waals surface area contributed by atoms with Crippen molar-refractivity contribution in [2.24, 2.45) is 0 Å². The number of aldehydes is 1. The fourth-order valence-corrected chi connectivity index (χ4v) is 6.18. The maximum absolute atomic E-state index is 13.9. The molecule has 0 saturated carbocycles. The molecule has 0 aliphatic rings. The Labute approximate surface area is 316 Å². The number of hydrogen-bond donors (Lipinski definition) is 1. The lowest BCUT2D eigenvalue weighted by molar-refractivity contribution is -0.108. The highest BCUT2D eigenvalue weighted by Crippen LogP contribution is 2.34. The average molecular weight is 742 g/mol. The van der Waals surface area contributed by atoms with Crippen molar-refractivity contribution in [2.45, 2.75) is 40.1 Å². The second kappa shape index (κ2) is 15.9. The standard InChI is InChI=1S/C40H39N9O6/c1-25-19-32-33(22-41-25)49(45-35(32)39(51)42-21-29-13-16-31(53-4)20-34(29)54-5)40-43-38(46-48(40)23-27-11-14-30(52-3)15-12-27)36-37(26(2)44-47(36)17-18-50)55-24-28-9-7-6-8-10-28/h6-16,18-20,22H,17,21,23-24H2,1-5H3,(H,42,51). The molecule has 7 aromatic rings. The minimum Gasteiger partial charge on any atom is -0.497 e. The lowest BCUT2D eigenvalue weighted by Crippen LogP contribution is -2.24. The van der Waals surface area contributed by atoms with Gasteiger partial charge in [-0.15, -0.1) is 5.10 Å². The van der Waals surface area contributed by atoms with Gasteiger partial charge in [-0.25, -0.2) is 4.68 Å². The Balaban J connectivity index is 1.33. The van der Waals surface area contributed by atoms with Crippen molar-refractivity contribution in [1.29, 1.82) is 0 Å². The lowest BCUT2D eigenvalue weighted by atomic mass is 10.1. The number of nitrogens with zero attached hydrogens (tertiary/aromatic N) is 8. The van der Waals surface area contributed by atoms with Crippen molar-refractivity contribution < 1.29 is 28.5 Å². The summed E-state index contributed by atoms with van der Waals surface area (Å²) in [7, 11) is 4.75. The zero-order valence-corrected chi connectivity index (χ0v) is 31.0. The molecular formula is C40H39N9O6. The number of pyridine rings is 1. The Morgan fingerprint density at radius 1 is 0.836 bits per heavy atom. The van der Waals surface area contributed by atoms with Crippen molar-refractivity contribution in [3.05, 3.63) is 119 Å². The normalized spacial score (nSPS) is 11.1. The summed E-state index contributed by atoms with van der Waals surface area (Å²) < 4.78 is 27.3. The maximum Gasteiger partial charge on any atom is 0.272 e. The predicted octanol–water partition coefficient (Wildman–Crippen LogP) is 5.27. The van der Waals surface area contributed by atoms with Crippen LogP contribution in [0.4, 0.5) is 0 Å². The van der Waals surface area contributed by atoms with Crippen LogP contribution < -0.4 is 24.3 Å². The molecule has 0 radical (unpaired) electrons. The molecule has 15 heteroatoms. The van der Waals surface area contributed by atoms with Crippen molar-refractivity contribution >= 4 is 23.1 Å². The SMILES string of the molecule is COc1ccc(Cn2nc(-c3c(OCc4ccccc4)c(C)nn3CC=O)nc2-n2nc(C(=O)NCc3ccc(OC)cc3OC)c3cc(C)ncc32)cc1. The van der Waals surface area contributed by atoms with Crippen LogP contribution in [-0.2, 0) is 31.0 Å². The van der Waals surface area contributed by atoms with Crippen LogP contribution in [0.2, 0.25) is 0 Å². The van der Waals surface area contributed by atoms with E-state index in [0.717, 1.165) is 23.0 Å². The highest BCUT2D eigenvalue weighted by atomic mass is 16.5. The minimum absolute atomic E-state index is 0.0512. The average Bonchev–Trinajstić information content (AvgIpc) is 3.88. The smallest absolute Gasteiger partial charge is 0.272 e. The van der Waals surface area contributed by atoms with Gasteiger partial charge in [0.15, 0.2) is 17.1 Å². The predicted molar refractivity (Wildman–Crippen MR) is 203 cm³/mol. The fourth-order valence-electron chi connectivity index (χ4n) is 6.18. The topological polar surface area (TPSA) is 162 Å². The van der Waals surface area contributed by atoms with Crippen LogP contribution in [0.15, 0.2) is 85.1 Å². The van der Waals surface area contributed by atoms with Crippen LogP contribution in [0.5, 0.6) is 23.0 Å². The number of nitrogens with one attached hydrogen (secondary N) is 1. The van der Waals surface area contributed by atoms with Gasteiger partial charge < -0.3 is 29.1 Å². The summed E-state index contributed by atoms with van der Waals surface area (Å²) in [6.07, 6.45) is 2.41. The van der Waals surface area contributed by atoms with E-state index >= 15 is 0 Å². The zero-order chi connectivity index (χ0) is 38.5. The van der Waals surface area contributed by atoms with Crippen LogP contribution in [0.1, 0.15) is 38.6 Å². The van der Waals surface area contributed by atoms with Gasteiger partial charge in [0.05, 0.1) is 46.1 Å². The summed E-state index contributed by atoms with van der Waals surface area (Å²) >= 11 is 0. The molecule has 0 atom stereocenters. The second-order valence-electron chi connectivity index (χ2n) is 12.6. The molecule has 15 nitrogen and oxygen atoms in total. The molecule has 1 N–H and O–H groups in total. The van der Waals surface area contributed by atoms with Gasteiger partial charge in [0, 0.05) is 29.3 Å². The van der Waals surface area contributed by atoms with Crippen LogP contribution in [0, 0.1) is 13.8 Å². The molecule has 0 saturated heterocycles. The molecular weight excluding hydrogens is 702 g/mol. The molecule has 0 fully saturated rings. The van der Waals surface area contributed by atoms with Crippen LogP contribution in [0.25, 0.3) is 28.4 Å². The lowest BCUT2D eigenvalue weighted by Gasteiger charge is -2.11. The quantitative estimate of drug-likeness (QED) is 0.136. The number of hydrogen-bond acceptors (Lipinski definition) is 11. The van der Waals surface area contributed by atoms with Gasteiger partial charge in [0.25, 0.3) is 11.9 Å². The Hall–Kier alpha value is -7.03. The molecule has 0 aliphatic carbocycles. The van der Waals surface area contributed by atoms with E-state index in [4.69, 9.17) is 34.1 Å². The monoisotopic (exact) mass is 741 g/mol. The number of fused-ring (bicyclic) bond motifs is 1. The molecule has 4 heterocycles. The van der Waals surface area contributed by atoms with E-state index in [2.05, 4.69) is 15.4 Å². The molecule has 0 unspecified atom stereocenters. The summed E-state index contributed by atoms with van der Waals surface area (Å²) in [5.74, 6) is 2.49. The number of carbonyl (C=O) groups excluding carboxylic acids is 2. The number of benzene rings is 3. The number of aromatic nitrogens is 8. The van der Waals surface area contributed by atoms with E-state index in [1.165, 1.54) is 4.68 Å². The van der Waals surface area contributed by atoms with E-state index in [1.807, 2.05) is 80.6 Å². The summed E-state index contributed by atoms with van der Waals surface area (Å²) in [6, 6.07) is 24.5. The second-order valence-corrected chi connectivity index (χ2v) is 12.6. The van der Waals surface area contributed by atoms with Gasteiger partial charge in [-0.3, -0.25) is 14.5 Å². The Kier molecular flexibility index (Phi) is 10.5. The highest BCUT2D eigenvalue weighted by Gasteiger charge is 2.27. The molecule has 0 spiro atoms. The molecule has 280 valence electrons. The van der Waals surface area contributed by atoms with E-state index in [1.54, 1.807) is 49.0 Å². The van der Waals surface area contributed by atoms with Crippen LogP contribution in [0.3, 0.4) is 0 Å². The summed E-state index contributed by atoms with van der Waals surface area (Å²) in [6.45, 7) is 4.31. The molecule has 0 bridgehead atoms. The van der Waals surface area contributed by atoms with Gasteiger partial charge in [0.2, 0.25) is 5.82 Å². The molecule has 7 rings (SSSR count). The highest BCUT2D eigenvalue weighted by molar-refractivity contribution is 6.05. The van der Waals surface area contributed by atoms with E-state index in [-0.39, 0.29) is 37.8 Å². The first-order chi connectivity index (χ1) is 26.8. The van der Waals surface area contributed by atoms with Gasteiger partial charge in [-0.1, -0.05) is 42.5 Å². The first-order valence-electron chi connectivity index (χ1n) is 17.4. The number of ether oxygens (including phenoxy) is 4. The third kappa shape index (κ3) is 7.58. The van der Waals surface area contributed by atoms with Crippen LogP contribution >= 0.6 is 0 Å².